The number of nitriles is 1. The largest absolute Gasteiger partial charge is 0.240 e. The molecule has 0 aromatic heterocycles. The number of rotatable bonds is 1. The molecule has 1 N–H and O–H groups in total. The molecule has 7 heteroatoms. The van der Waals surface area contributed by atoms with Gasteiger partial charge in [0, 0.05) is 5.02 Å². The van der Waals surface area contributed by atoms with Crippen LogP contribution in [0.3, 0.4) is 0 Å². The average Bonchev–Trinajstić information content (AvgIpc) is 2.92. The summed E-state index contributed by atoms with van der Waals surface area (Å²) in [5.74, 6) is 0.604. The van der Waals surface area contributed by atoms with Gasteiger partial charge in [0.05, 0.1) is 6.20 Å². The highest BCUT2D eigenvalue weighted by molar-refractivity contribution is 8.13. The number of halogens is 1. The molecule has 0 unspecified atom stereocenters. The van der Waals surface area contributed by atoms with Crippen molar-refractivity contribution in [2.45, 2.75) is 6.17 Å². The lowest BCUT2D eigenvalue weighted by Gasteiger charge is -2.23. The molecule has 1 aromatic carbocycles. The maximum absolute atomic E-state index is 9.14. The smallest absolute Gasteiger partial charge is 0.184 e. The molecule has 2 aliphatic heterocycles. The number of aliphatic imine (C=N–C) groups is 2. The number of hydrogen-bond acceptors (Lipinski definition) is 6. The summed E-state index contributed by atoms with van der Waals surface area (Å²) in [6.45, 7) is 0. The van der Waals surface area contributed by atoms with Crippen LogP contribution < -0.4 is 5.43 Å². The highest BCUT2D eigenvalue weighted by Gasteiger charge is 2.33. The quantitative estimate of drug-likeness (QED) is 0.866. The fourth-order valence-corrected chi connectivity index (χ4v) is 2.59. The van der Waals surface area contributed by atoms with E-state index < -0.39 is 0 Å². The Labute approximate surface area is 125 Å². The number of nitrogens with zero attached hydrogens (tertiary/aromatic N) is 4. The van der Waals surface area contributed by atoms with Crippen molar-refractivity contribution in [1.29, 1.82) is 5.26 Å². The molecular formula is C13H10ClN5S. The van der Waals surface area contributed by atoms with E-state index in [1.165, 1.54) is 11.8 Å². The van der Waals surface area contributed by atoms with E-state index in [-0.39, 0.29) is 6.17 Å². The molecule has 1 atom stereocenters. The maximum Gasteiger partial charge on any atom is 0.184 e. The van der Waals surface area contributed by atoms with Gasteiger partial charge in [-0.05, 0) is 24.0 Å². The fourth-order valence-electron chi connectivity index (χ4n) is 1.98. The minimum Gasteiger partial charge on any atom is -0.240 e. The van der Waals surface area contributed by atoms with Crippen molar-refractivity contribution >= 4 is 34.4 Å². The second-order valence-electron chi connectivity index (χ2n) is 4.14. The summed E-state index contributed by atoms with van der Waals surface area (Å²) in [6, 6.07) is 9.57. The Hall–Kier alpha value is -1.81. The van der Waals surface area contributed by atoms with Crippen LogP contribution in [0.2, 0.25) is 5.02 Å². The van der Waals surface area contributed by atoms with Gasteiger partial charge in [-0.15, -0.1) is 0 Å². The predicted octanol–water partition coefficient (Wildman–Crippen LogP) is 2.70. The summed E-state index contributed by atoms with van der Waals surface area (Å²) < 4.78 is 0. The third-order valence-electron chi connectivity index (χ3n) is 2.94. The van der Waals surface area contributed by atoms with Crippen molar-refractivity contribution in [1.82, 2.24) is 10.4 Å². The third kappa shape index (κ3) is 2.20. The van der Waals surface area contributed by atoms with Crippen LogP contribution in [0.25, 0.3) is 0 Å². The van der Waals surface area contributed by atoms with E-state index in [0.29, 0.717) is 16.4 Å². The van der Waals surface area contributed by atoms with Gasteiger partial charge in [0.2, 0.25) is 0 Å². The van der Waals surface area contributed by atoms with Gasteiger partial charge in [-0.2, -0.15) is 10.7 Å². The van der Waals surface area contributed by atoms with E-state index in [4.69, 9.17) is 16.9 Å². The van der Waals surface area contributed by atoms with Crippen LogP contribution in [0.1, 0.15) is 11.7 Å². The van der Waals surface area contributed by atoms with Crippen LogP contribution in [0.4, 0.5) is 0 Å². The van der Waals surface area contributed by atoms with E-state index >= 15 is 0 Å². The Morgan fingerprint density at radius 2 is 2.15 bits per heavy atom. The van der Waals surface area contributed by atoms with Crippen LogP contribution >= 0.6 is 23.4 Å². The molecule has 1 aromatic rings. The molecule has 100 valence electrons. The molecule has 2 heterocycles. The summed E-state index contributed by atoms with van der Waals surface area (Å²) in [5, 5.41) is 12.3. The van der Waals surface area contributed by atoms with E-state index in [0.717, 1.165) is 10.7 Å². The minimum absolute atomic E-state index is 0.241. The molecule has 3 rings (SSSR count). The molecule has 0 saturated carbocycles. The maximum atomic E-state index is 9.14. The minimum atomic E-state index is -0.241. The number of amidine groups is 2. The standard InChI is InChI=1S/C13H10ClN5S/c1-20-13-16-7-9(6-15)12-17-11(18-19(12)13)8-2-4-10(14)5-3-8/h2-5,7,11,18H,1H3/t11-/m0/s1. The fraction of sp³-hybridized carbons (Fsp3) is 0.154. The molecule has 0 saturated heterocycles. The Morgan fingerprint density at radius 1 is 1.40 bits per heavy atom. The van der Waals surface area contributed by atoms with Gasteiger partial charge in [-0.25, -0.2) is 15.0 Å². The summed E-state index contributed by atoms with van der Waals surface area (Å²) in [4.78, 5) is 8.81. The average molecular weight is 304 g/mol. The molecule has 5 nitrogen and oxygen atoms in total. The first-order chi connectivity index (χ1) is 9.72. The van der Waals surface area contributed by atoms with Crippen LogP contribution in [-0.2, 0) is 0 Å². The number of hydrazine groups is 1. The summed E-state index contributed by atoms with van der Waals surface area (Å²) in [7, 11) is 0. The second kappa shape index (κ2) is 5.29. The van der Waals surface area contributed by atoms with Crippen LogP contribution in [0.5, 0.6) is 0 Å². The topological polar surface area (TPSA) is 63.8 Å². The molecule has 2 aliphatic rings. The van der Waals surface area contributed by atoms with Crippen molar-refractivity contribution in [3.8, 4) is 6.07 Å². The molecule has 20 heavy (non-hydrogen) atoms. The normalized spacial score (nSPS) is 20.8. The van der Waals surface area contributed by atoms with Gasteiger partial charge in [0.25, 0.3) is 0 Å². The van der Waals surface area contributed by atoms with Crippen molar-refractivity contribution in [2.24, 2.45) is 9.98 Å². The first kappa shape index (κ1) is 13.2. The van der Waals surface area contributed by atoms with Gasteiger partial charge >= 0.3 is 0 Å². The monoisotopic (exact) mass is 303 g/mol. The lowest BCUT2D eigenvalue weighted by molar-refractivity contribution is 0.424. The number of fused-ring (bicyclic) bond motifs is 1. The molecular weight excluding hydrogens is 294 g/mol. The van der Waals surface area contributed by atoms with Crippen LogP contribution in [-0.4, -0.2) is 22.3 Å². The van der Waals surface area contributed by atoms with Crippen molar-refractivity contribution in [2.75, 3.05) is 6.26 Å². The van der Waals surface area contributed by atoms with Gasteiger partial charge in [-0.1, -0.05) is 35.5 Å². The number of thioether (sulfide) groups is 1. The Bertz CT molecular complexity index is 671. The molecule has 0 radical (unpaired) electrons. The van der Waals surface area contributed by atoms with Gasteiger partial charge in [0.1, 0.15) is 17.8 Å². The Morgan fingerprint density at radius 3 is 2.80 bits per heavy atom. The van der Waals surface area contributed by atoms with Crippen molar-refractivity contribution in [3.05, 3.63) is 46.6 Å². The lowest BCUT2D eigenvalue weighted by Crippen LogP contribution is -2.43. The summed E-state index contributed by atoms with van der Waals surface area (Å²) in [5.41, 5.74) is 4.67. The van der Waals surface area contributed by atoms with Crippen molar-refractivity contribution < 1.29 is 0 Å². The summed E-state index contributed by atoms with van der Waals surface area (Å²) >= 11 is 7.38. The van der Waals surface area contributed by atoms with E-state index in [1.807, 2.05) is 30.5 Å². The molecule has 0 bridgehead atoms. The van der Waals surface area contributed by atoms with E-state index in [9.17, 15) is 0 Å². The molecule has 0 spiro atoms. The number of hydrogen-bond donors (Lipinski definition) is 1. The zero-order chi connectivity index (χ0) is 14.1. The second-order valence-corrected chi connectivity index (χ2v) is 5.35. The van der Waals surface area contributed by atoms with Crippen molar-refractivity contribution in [3.63, 3.8) is 0 Å². The molecule has 0 aliphatic carbocycles. The zero-order valence-electron chi connectivity index (χ0n) is 10.5. The van der Waals surface area contributed by atoms with Gasteiger partial charge < -0.3 is 0 Å². The molecule has 0 amide bonds. The predicted molar refractivity (Wildman–Crippen MR) is 81.2 cm³/mol. The summed E-state index contributed by atoms with van der Waals surface area (Å²) in [6.07, 6.45) is 3.24. The number of nitrogens with one attached hydrogen (secondary N) is 1. The highest BCUT2D eigenvalue weighted by atomic mass is 35.5. The van der Waals surface area contributed by atoms with E-state index in [2.05, 4.69) is 21.5 Å². The SMILES string of the molecule is CSC1=NC=C(C#N)C2=N[C@H](c3ccc(Cl)cc3)NN12. The first-order valence-electron chi connectivity index (χ1n) is 5.85. The van der Waals surface area contributed by atoms with Crippen LogP contribution in [0.15, 0.2) is 46.0 Å². The van der Waals surface area contributed by atoms with Gasteiger partial charge in [0.15, 0.2) is 11.0 Å². The third-order valence-corrected chi connectivity index (χ3v) is 3.84. The van der Waals surface area contributed by atoms with Crippen LogP contribution in [0, 0.1) is 11.3 Å². The zero-order valence-corrected chi connectivity index (χ0v) is 12.1. The molecule has 0 fully saturated rings. The highest BCUT2D eigenvalue weighted by Crippen LogP contribution is 2.27. The lowest BCUT2D eigenvalue weighted by atomic mass is 10.2. The Kier molecular flexibility index (Phi) is 3.49. The Balaban J connectivity index is 1.96. The number of benzene rings is 1. The first-order valence-corrected chi connectivity index (χ1v) is 7.45. The van der Waals surface area contributed by atoms with Gasteiger partial charge in [-0.3, -0.25) is 0 Å². The van der Waals surface area contributed by atoms with E-state index in [1.54, 1.807) is 11.2 Å².